The summed E-state index contributed by atoms with van der Waals surface area (Å²) in [5, 5.41) is 12.6. The number of rotatable bonds is 7. The van der Waals surface area contributed by atoms with Crippen LogP contribution in [0.4, 0.5) is 10.1 Å². The summed E-state index contributed by atoms with van der Waals surface area (Å²) in [5.74, 6) is -1.48. The Morgan fingerprint density at radius 1 is 0.974 bits per heavy atom. The molecule has 4 aromatic carbocycles. The Balaban J connectivity index is 1.37. The molecule has 0 radical (unpaired) electrons. The molecule has 0 aromatic heterocycles. The van der Waals surface area contributed by atoms with Crippen LogP contribution in [-0.4, -0.2) is 23.5 Å². The second kappa shape index (κ2) is 10.9. The van der Waals surface area contributed by atoms with E-state index in [1.807, 2.05) is 55.5 Å². The lowest BCUT2D eigenvalue weighted by Crippen LogP contribution is -2.30. The van der Waals surface area contributed by atoms with Gasteiger partial charge in [0, 0.05) is 29.9 Å². The summed E-state index contributed by atoms with van der Waals surface area (Å²) < 4.78 is 14.9. The number of carboxylic acids is 1. The van der Waals surface area contributed by atoms with Gasteiger partial charge in [0.15, 0.2) is 0 Å². The lowest BCUT2D eigenvalue weighted by atomic mass is 9.96. The van der Waals surface area contributed by atoms with Crippen molar-refractivity contribution in [1.29, 1.82) is 0 Å². The van der Waals surface area contributed by atoms with E-state index in [1.54, 1.807) is 36.4 Å². The molecule has 0 saturated heterocycles. The van der Waals surface area contributed by atoms with Crippen molar-refractivity contribution in [2.24, 2.45) is 0 Å². The van der Waals surface area contributed by atoms with Crippen molar-refractivity contribution < 1.29 is 19.1 Å². The zero-order valence-corrected chi connectivity index (χ0v) is 21.2. The molecule has 38 heavy (non-hydrogen) atoms. The highest BCUT2D eigenvalue weighted by atomic mass is 19.1. The zero-order chi connectivity index (χ0) is 26.6. The van der Waals surface area contributed by atoms with Gasteiger partial charge in [0.25, 0.3) is 5.91 Å². The van der Waals surface area contributed by atoms with Crippen molar-refractivity contribution in [3.05, 3.63) is 125 Å². The quantitative estimate of drug-likeness (QED) is 0.294. The van der Waals surface area contributed by atoms with Gasteiger partial charge in [0.2, 0.25) is 0 Å². The summed E-state index contributed by atoms with van der Waals surface area (Å²) in [6, 6.07) is 26.9. The van der Waals surface area contributed by atoms with E-state index < -0.39 is 5.97 Å². The summed E-state index contributed by atoms with van der Waals surface area (Å²) in [6.07, 6.45) is 1.73. The summed E-state index contributed by atoms with van der Waals surface area (Å²) in [7, 11) is 0. The maximum Gasteiger partial charge on any atom is 0.336 e. The van der Waals surface area contributed by atoms with Gasteiger partial charge in [-0.15, -0.1) is 0 Å². The highest BCUT2D eigenvalue weighted by molar-refractivity contribution is 5.96. The van der Waals surface area contributed by atoms with Crippen LogP contribution in [-0.2, 0) is 13.0 Å². The van der Waals surface area contributed by atoms with Gasteiger partial charge in [-0.1, -0.05) is 54.6 Å². The molecule has 0 bridgehead atoms. The Morgan fingerprint density at radius 3 is 2.53 bits per heavy atom. The van der Waals surface area contributed by atoms with Gasteiger partial charge in [-0.25, -0.2) is 9.18 Å². The number of aryl methyl sites for hydroxylation is 1. The predicted molar refractivity (Wildman–Crippen MR) is 147 cm³/mol. The first-order valence-corrected chi connectivity index (χ1v) is 12.8. The number of nitrogens with one attached hydrogen (secondary N) is 1. The highest BCUT2D eigenvalue weighted by Crippen LogP contribution is 2.32. The maximum atomic E-state index is 14.9. The molecule has 1 unspecified atom stereocenters. The van der Waals surface area contributed by atoms with Crippen LogP contribution in [0.3, 0.4) is 0 Å². The number of fused-ring (bicyclic) bond motifs is 1. The van der Waals surface area contributed by atoms with Gasteiger partial charge in [-0.05, 0) is 78.4 Å². The molecule has 0 aliphatic carbocycles. The van der Waals surface area contributed by atoms with Gasteiger partial charge in [0.1, 0.15) is 5.82 Å². The molecule has 1 heterocycles. The minimum absolute atomic E-state index is 0.113. The topological polar surface area (TPSA) is 69.6 Å². The van der Waals surface area contributed by atoms with Crippen molar-refractivity contribution in [3.63, 3.8) is 0 Å². The first-order valence-electron chi connectivity index (χ1n) is 12.8. The third-order valence-corrected chi connectivity index (χ3v) is 7.08. The summed E-state index contributed by atoms with van der Waals surface area (Å²) >= 11 is 0. The molecule has 4 aromatic rings. The number of aromatic carboxylic acids is 1. The molecule has 2 N–H and O–H groups in total. The predicted octanol–water partition coefficient (Wildman–Crippen LogP) is 6.63. The highest BCUT2D eigenvalue weighted by Gasteiger charge is 2.21. The second-order valence-electron chi connectivity index (χ2n) is 9.63. The standard InChI is InChI=1S/C32H29FN2O3/c1-21(22-8-3-2-4-9-22)34-31(36)25-14-16-30-24(19-25)10-7-17-35(30)20-26-18-23(13-15-29(26)33)27-11-5-6-12-28(27)32(37)38/h2-6,8-9,11-16,18-19,21H,7,10,17,20H2,1H3,(H,34,36)(H,37,38). The van der Waals surface area contributed by atoms with E-state index in [9.17, 15) is 19.1 Å². The SMILES string of the molecule is CC(NC(=O)c1ccc2c(c1)CCCN2Cc1cc(-c2ccccc2C(=O)O)ccc1F)c1ccccc1. The van der Waals surface area contributed by atoms with Gasteiger partial charge in [0.05, 0.1) is 11.6 Å². The number of amides is 1. The van der Waals surface area contributed by atoms with E-state index in [2.05, 4.69) is 10.2 Å². The fourth-order valence-corrected chi connectivity index (χ4v) is 5.08. The van der Waals surface area contributed by atoms with Crippen molar-refractivity contribution in [2.75, 3.05) is 11.4 Å². The number of hydrogen-bond acceptors (Lipinski definition) is 3. The average Bonchev–Trinajstić information content (AvgIpc) is 2.94. The van der Waals surface area contributed by atoms with E-state index in [1.165, 1.54) is 6.07 Å². The molecule has 6 heteroatoms. The molecule has 0 fully saturated rings. The van der Waals surface area contributed by atoms with Crippen molar-refractivity contribution in [3.8, 4) is 11.1 Å². The smallest absolute Gasteiger partial charge is 0.336 e. The van der Waals surface area contributed by atoms with Gasteiger partial charge in [-0.3, -0.25) is 4.79 Å². The van der Waals surface area contributed by atoms with Crippen LogP contribution in [0.1, 0.15) is 56.8 Å². The zero-order valence-electron chi connectivity index (χ0n) is 21.2. The minimum atomic E-state index is -1.02. The minimum Gasteiger partial charge on any atom is -0.478 e. The van der Waals surface area contributed by atoms with Crippen LogP contribution in [0.5, 0.6) is 0 Å². The summed E-state index contributed by atoms with van der Waals surface area (Å²) in [5.41, 5.74) is 5.59. The van der Waals surface area contributed by atoms with Crippen LogP contribution >= 0.6 is 0 Å². The molecular weight excluding hydrogens is 479 g/mol. The van der Waals surface area contributed by atoms with Crippen molar-refractivity contribution in [2.45, 2.75) is 32.4 Å². The second-order valence-corrected chi connectivity index (χ2v) is 9.63. The molecule has 5 rings (SSSR count). The molecule has 0 saturated carbocycles. The third kappa shape index (κ3) is 5.30. The number of anilines is 1. The number of benzene rings is 4. The first kappa shape index (κ1) is 25.2. The third-order valence-electron chi connectivity index (χ3n) is 7.08. The first-order chi connectivity index (χ1) is 18.4. The lowest BCUT2D eigenvalue weighted by molar-refractivity contribution is 0.0697. The monoisotopic (exact) mass is 508 g/mol. The van der Waals surface area contributed by atoms with Crippen molar-refractivity contribution in [1.82, 2.24) is 5.32 Å². The molecule has 5 nitrogen and oxygen atoms in total. The summed E-state index contributed by atoms with van der Waals surface area (Å²) in [4.78, 5) is 26.8. The largest absolute Gasteiger partial charge is 0.478 e. The van der Waals surface area contributed by atoms with Crippen molar-refractivity contribution >= 4 is 17.6 Å². The Labute approximate surface area is 221 Å². The Bertz CT molecular complexity index is 1490. The normalized spacial score (nSPS) is 13.5. The van der Waals surface area contributed by atoms with Crippen LogP contribution in [0.25, 0.3) is 11.1 Å². The summed E-state index contributed by atoms with van der Waals surface area (Å²) in [6.45, 7) is 3.07. The number of halogens is 1. The van der Waals surface area contributed by atoms with Crippen LogP contribution in [0.2, 0.25) is 0 Å². The molecule has 1 aliphatic rings. The average molecular weight is 509 g/mol. The molecule has 1 atom stereocenters. The Hall–Kier alpha value is -4.45. The van der Waals surface area contributed by atoms with Crippen LogP contribution in [0.15, 0.2) is 91.0 Å². The Morgan fingerprint density at radius 2 is 1.74 bits per heavy atom. The maximum absolute atomic E-state index is 14.9. The van der Waals surface area contributed by atoms with E-state index >= 15 is 0 Å². The number of carbonyl (C=O) groups excluding carboxylic acids is 1. The fourth-order valence-electron chi connectivity index (χ4n) is 5.08. The van der Waals surface area contributed by atoms with E-state index in [-0.39, 0.29) is 23.3 Å². The number of carbonyl (C=O) groups is 2. The fraction of sp³-hybridized carbons (Fsp3) is 0.188. The molecule has 1 aliphatic heterocycles. The number of hydrogen-bond donors (Lipinski definition) is 2. The molecular formula is C32H29FN2O3. The van der Waals surface area contributed by atoms with Crippen LogP contribution < -0.4 is 10.2 Å². The number of carboxylic acid groups (broad SMARTS) is 1. The van der Waals surface area contributed by atoms with Gasteiger partial charge in [-0.2, -0.15) is 0 Å². The Kier molecular flexibility index (Phi) is 7.22. The van der Waals surface area contributed by atoms with E-state index in [0.717, 1.165) is 36.2 Å². The lowest BCUT2D eigenvalue weighted by Gasteiger charge is -2.32. The van der Waals surface area contributed by atoms with Gasteiger partial charge < -0.3 is 15.3 Å². The molecule has 1 amide bonds. The van der Waals surface area contributed by atoms with Crippen LogP contribution in [0, 0.1) is 5.82 Å². The van der Waals surface area contributed by atoms with E-state index in [0.29, 0.717) is 28.8 Å². The van der Waals surface area contributed by atoms with Gasteiger partial charge >= 0.3 is 5.97 Å². The number of nitrogens with zero attached hydrogens (tertiary/aromatic N) is 1. The molecule has 192 valence electrons. The van der Waals surface area contributed by atoms with E-state index in [4.69, 9.17) is 0 Å². The molecule has 0 spiro atoms.